The molecule has 0 saturated carbocycles. The normalized spacial score (nSPS) is 17.3. The molecular formula is C15H31N3O. The number of hydrogen-bond donors (Lipinski definition) is 1. The summed E-state index contributed by atoms with van der Waals surface area (Å²) < 4.78 is 0. The topological polar surface area (TPSA) is 35.6 Å². The number of rotatable bonds is 6. The maximum atomic E-state index is 11.9. The number of nitrogens with one attached hydrogen (secondary N) is 1. The number of nitrogens with zero attached hydrogens (tertiary/aromatic N) is 2. The van der Waals surface area contributed by atoms with Gasteiger partial charge in [0.1, 0.15) is 0 Å². The van der Waals surface area contributed by atoms with Gasteiger partial charge >= 0.3 is 6.03 Å². The average molecular weight is 269 g/mol. The molecule has 0 unspecified atom stereocenters. The van der Waals surface area contributed by atoms with Crippen LogP contribution in [0.25, 0.3) is 0 Å². The van der Waals surface area contributed by atoms with Crippen LogP contribution in [0.5, 0.6) is 0 Å². The summed E-state index contributed by atoms with van der Waals surface area (Å²) in [4.78, 5) is 16.5. The van der Waals surface area contributed by atoms with Crippen LogP contribution in [0.4, 0.5) is 4.79 Å². The molecule has 0 spiro atoms. The van der Waals surface area contributed by atoms with Gasteiger partial charge in [0, 0.05) is 38.3 Å². The standard InChI is InChI=1S/C15H31N3O/c1-5-7-14(8-6-2)17-9-11-18(12-10-17)15(19)16-13(3)4/h13-14H,5-12H2,1-4H3,(H,16,19). The van der Waals surface area contributed by atoms with Gasteiger partial charge in [0.05, 0.1) is 0 Å². The molecule has 1 aliphatic heterocycles. The predicted octanol–water partition coefficient (Wildman–Crippen LogP) is 2.69. The van der Waals surface area contributed by atoms with Crippen molar-refractivity contribution in [2.75, 3.05) is 26.2 Å². The third-order valence-corrected chi connectivity index (χ3v) is 3.77. The Morgan fingerprint density at radius 1 is 1.05 bits per heavy atom. The molecule has 0 bridgehead atoms. The molecule has 0 aromatic heterocycles. The zero-order valence-electron chi connectivity index (χ0n) is 13.1. The molecule has 4 nitrogen and oxygen atoms in total. The first-order valence-electron chi connectivity index (χ1n) is 7.87. The SMILES string of the molecule is CCCC(CCC)N1CCN(C(=O)NC(C)C)CC1. The zero-order chi connectivity index (χ0) is 14.3. The number of carbonyl (C=O) groups is 1. The van der Waals surface area contributed by atoms with Crippen molar-refractivity contribution in [2.45, 2.75) is 65.5 Å². The summed E-state index contributed by atoms with van der Waals surface area (Å²) in [6, 6.07) is 1.03. The van der Waals surface area contributed by atoms with Crippen LogP contribution in [0.3, 0.4) is 0 Å². The highest BCUT2D eigenvalue weighted by Crippen LogP contribution is 2.15. The van der Waals surface area contributed by atoms with E-state index in [1.165, 1.54) is 25.7 Å². The molecule has 1 N–H and O–H groups in total. The van der Waals surface area contributed by atoms with Crippen LogP contribution in [0.2, 0.25) is 0 Å². The molecule has 19 heavy (non-hydrogen) atoms. The van der Waals surface area contributed by atoms with E-state index in [4.69, 9.17) is 0 Å². The number of urea groups is 1. The Morgan fingerprint density at radius 2 is 1.58 bits per heavy atom. The van der Waals surface area contributed by atoms with Gasteiger partial charge in [-0.25, -0.2) is 4.79 Å². The predicted molar refractivity (Wildman–Crippen MR) is 80.4 cm³/mol. The Balaban J connectivity index is 2.40. The molecule has 1 rings (SSSR count). The second-order valence-electron chi connectivity index (χ2n) is 5.86. The van der Waals surface area contributed by atoms with E-state index in [0.717, 1.165) is 26.2 Å². The van der Waals surface area contributed by atoms with E-state index < -0.39 is 0 Å². The van der Waals surface area contributed by atoms with Gasteiger partial charge in [-0.05, 0) is 26.7 Å². The molecule has 1 aliphatic rings. The largest absolute Gasteiger partial charge is 0.336 e. The lowest BCUT2D eigenvalue weighted by molar-refractivity contribution is 0.0985. The van der Waals surface area contributed by atoms with E-state index in [1.807, 2.05) is 18.7 Å². The van der Waals surface area contributed by atoms with Crippen LogP contribution in [0, 0.1) is 0 Å². The fourth-order valence-electron chi connectivity index (χ4n) is 2.80. The Bertz CT molecular complexity index is 254. The first kappa shape index (κ1) is 16.3. The molecule has 0 aromatic carbocycles. The van der Waals surface area contributed by atoms with Gasteiger partial charge in [-0.2, -0.15) is 0 Å². The molecule has 0 aliphatic carbocycles. The number of piperazine rings is 1. The monoisotopic (exact) mass is 269 g/mol. The number of hydrogen-bond acceptors (Lipinski definition) is 2. The summed E-state index contributed by atoms with van der Waals surface area (Å²) in [7, 11) is 0. The lowest BCUT2D eigenvalue weighted by Gasteiger charge is -2.39. The Kier molecular flexibility index (Phi) is 7.21. The van der Waals surface area contributed by atoms with Crippen molar-refractivity contribution in [1.82, 2.24) is 15.1 Å². The number of amides is 2. The minimum atomic E-state index is 0.0946. The van der Waals surface area contributed by atoms with Gasteiger partial charge in [0.2, 0.25) is 0 Å². The molecule has 0 atom stereocenters. The van der Waals surface area contributed by atoms with Crippen LogP contribution >= 0.6 is 0 Å². The van der Waals surface area contributed by atoms with Crippen molar-refractivity contribution < 1.29 is 4.79 Å². The quantitative estimate of drug-likeness (QED) is 0.804. The second-order valence-corrected chi connectivity index (χ2v) is 5.86. The minimum Gasteiger partial charge on any atom is -0.336 e. The molecule has 1 heterocycles. The maximum absolute atomic E-state index is 11.9. The first-order chi connectivity index (χ1) is 9.08. The fourth-order valence-corrected chi connectivity index (χ4v) is 2.80. The zero-order valence-corrected chi connectivity index (χ0v) is 13.1. The highest BCUT2D eigenvalue weighted by Gasteiger charge is 2.25. The lowest BCUT2D eigenvalue weighted by Crippen LogP contribution is -2.54. The fraction of sp³-hybridized carbons (Fsp3) is 0.933. The van der Waals surface area contributed by atoms with E-state index in [0.29, 0.717) is 6.04 Å². The van der Waals surface area contributed by atoms with Crippen LogP contribution in [-0.2, 0) is 0 Å². The Hall–Kier alpha value is -0.770. The third-order valence-electron chi connectivity index (χ3n) is 3.77. The van der Waals surface area contributed by atoms with Crippen molar-refractivity contribution in [1.29, 1.82) is 0 Å². The maximum Gasteiger partial charge on any atom is 0.317 e. The van der Waals surface area contributed by atoms with Crippen molar-refractivity contribution in [3.63, 3.8) is 0 Å². The Morgan fingerprint density at radius 3 is 2.00 bits per heavy atom. The van der Waals surface area contributed by atoms with Gasteiger partial charge in [-0.3, -0.25) is 4.90 Å². The highest BCUT2D eigenvalue weighted by molar-refractivity contribution is 5.74. The Labute approximate surface area is 118 Å². The van der Waals surface area contributed by atoms with Crippen LogP contribution in [0.1, 0.15) is 53.4 Å². The lowest BCUT2D eigenvalue weighted by atomic mass is 10.0. The molecule has 0 radical (unpaired) electrons. The molecule has 112 valence electrons. The molecule has 4 heteroatoms. The van der Waals surface area contributed by atoms with E-state index in [-0.39, 0.29) is 12.1 Å². The van der Waals surface area contributed by atoms with Gasteiger partial charge in [-0.1, -0.05) is 26.7 Å². The molecular weight excluding hydrogens is 238 g/mol. The molecule has 2 amide bonds. The van der Waals surface area contributed by atoms with Gasteiger partial charge < -0.3 is 10.2 Å². The minimum absolute atomic E-state index is 0.0946. The van der Waals surface area contributed by atoms with Crippen LogP contribution in [0.15, 0.2) is 0 Å². The summed E-state index contributed by atoms with van der Waals surface area (Å²) in [6.07, 6.45) is 5.06. The summed E-state index contributed by atoms with van der Waals surface area (Å²) >= 11 is 0. The van der Waals surface area contributed by atoms with E-state index in [9.17, 15) is 4.79 Å². The van der Waals surface area contributed by atoms with Gasteiger partial charge in [-0.15, -0.1) is 0 Å². The van der Waals surface area contributed by atoms with Crippen molar-refractivity contribution in [2.24, 2.45) is 0 Å². The van der Waals surface area contributed by atoms with Gasteiger partial charge in [0.25, 0.3) is 0 Å². The summed E-state index contributed by atoms with van der Waals surface area (Å²) in [5.41, 5.74) is 0. The number of carbonyl (C=O) groups excluding carboxylic acids is 1. The first-order valence-corrected chi connectivity index (χ1v) is 7.87. The summed E-state index contributed by atoms with van der Waals surface area (Å²) in [5, 5.41) is 2.98. The van der Waals surface area contributed by atoms with Crippen LogP contribution in [-0.4, -0.2) is 54.1 Å². The molecule has 1 fully saturated rings. The van der Waals surface area contributed by atoms with Crippen molar-refractivity contribution in [3.8, 4) is 0 Å². The average Bonchev–Trinajstić information content (AvgIpc) is 2.38. The smallest absolute Gasteiger partial charge is 0.317 e. The third kappa shape index (κ3) is 5.39. The van der Waals surface area contributed by atoms with Crippen molar-refractivity contribution >= 4 is 6.03 Å². The summed E-state index contributed by atoms with van der Waals surface area (Å²) in [5.74, 6) is 0. The van der Waals surface area contributed by atoms with Crippen LogP contribution < -0.4 is 5.32 Å². The van der Waals surface area contributed by atoms with E-state index in [2.05, 4.69) is 24.1 Å². The highest BCUT2D eigenvalue weighted by atomic mass is 16.2. The second kappa shape index (κ2) is 8.41. The van der Waals surface area contributed by atoms with Crippen molar-refractivity contribution in [3.05, 3.63) is 0 Å². The molecule has 0 aromatic rings. The summed E-state index contributed by atoms with van der Waals surface area (Å²) in [6.45, 7) is 12.3. The van der Waals surface area contributed by atoms with E-state index >= 15 is 0 Å². The van der Waals surface area contributed by atoms with Gasteiger partial charge in [0.15, 0.2) is 0 Å². The molecule has 1 saturated heterocycles. The van der Waals surface area contributed by atoms with E-state index in [1.54, 1.807) is 0 Å².